The molecular formula is C12H14BrN5OS. The Morgan fingerprint density at radius 1 is 1.65 bits per heavy atom. The van der Waals surface area contributed by atoms with Crippen molar-refractivity contribution >= 4 is 33.2 Å². The summed E-state index contributed by atoms with van der Waals surface area (Å²) in [6.07, 6.45) is 1.73. The number of nitrogens with one attached hydrogen (secondary N) is 1. The van der Waals surface area contributed by atoms with Gasteiger partial charge in [-0.25, -0.2) is 4.68 Å². The van der Waals surface area contributed by atoms with E-state index < -0.39 is 0 Å². The highest BCUT2D eigenvalue weighted by molar-refractivity contribution is 9.11. The van der Waals surface area contributed by atoms with Gasteiger partial charge in [0.25, 0.3) is 5.91 Å². The number of hydrogen-bond acceptors (Lipinski definition) is 5. The van der Waals surface area contributed by atoms with Crippen molar-refractivity contribution in [1.82, 2.24) is 25.2 Å². The van der Waals surface area contributed by atoms with Gasteiger partial charge < -0.3 is 10.2 Å². The molecule has 3 heterocycles. The largest absolute Gasteiger partial charge is 0.336 e. The van der Waals surface area contributed by atoms with Gasteiger partial charge in [0, 0.05) is 26.7 Å². The highest BCUT2D eigenvalue weighted by Gasteiger charge is 2.23. The minimum absolute atomic E-state index is 0.106. The molecule has 0 spiro atoms. The molecule has 0 aliphatic carbocycles. The van der Waals surface area contributed by atoms with Crippen LogP contribution in [0.4, 0.5) is 0 Å². The van der Waals surface area contributed by atoms with Gasteiger partial charge in [0.1, 0.15) is 0 Å². The van der Waals surface area contributed by atoms with E-state index in [0.29, 0.717) is 18.3 Å². The number of amides is 1. The van der Waals surface area contributed by atoms with Crippen molar-refractivity contribution in [2.24, 2.45) is 0 Å². The predicted molar refractivity (Wildman–Crippen MR) is 79.7 cm³/mol. The number of thiophene rings is 1. The average Bonchev–Trinajstić information content (AvgIpc) is 2.96. The van der Waals surface area contributed by atoms with Crippen LogP contribution in [0.5, 0.6) is 0 Å². The maximum atomic E-state index is 12.3. The molecule has 8 heteroatoms. The second-order valence-corrected chi connectivity index (χ2v) is 7.11. The molecule has 1 amide bonds. The summed E-state index contributed by atoms with van der Waals surface area (Å²) in [5, 5.41) is 13.2. The number of nitrogens with zero attached hydrogens (tertiary/aromatic N) is 4. The fraction of sp³-hybridized carbons (Fsp3) is 0.417. The van der Waals surface area contributed by atoms with Crippen LogP contribution in [-0.4, -0.2) is 45.9 Å². The lowest BCUT2D eigenvalue weighted by Crippen LogP contribution is -2.43. The first-order chi connectivity index (χ1) is 9.63. The van der Waals surface area contributed by atoms with Gasteiger partial charge in [0.2, 0.25) is 0 Å². The van der Waals surface area contributed by atoms with Gasteiger partial charge in [-0.1, -0.05) is 5.21 Å². The molecule has 106 valence electrons. The molecule has 0 atom stereocenters. The van der Waals surface area contributed by atoms with E-state index in [2.05, 4.69) is 31.6 Å². The van der Waals surface area contributed by atoms with Gasteiger partial charge in [0.15, 0.2) is 5.69 Å². The van der Waals surface area contributed by atoms with Crippen LogP contribution >= 0.6 is 27.3 Å². The van der Waals surface area contributed by atoms with Gasteiger partial charge in [-0.05, 0) is 32.9 Å². The molecule has 0 saturated carbocycles. The van der Waals surface area contributed by atoms with E-state index in [1.165, 1.54) is 0 Å². The molecule has 2 aromatic heterocycles. The van der Waals surface area contributed by atoms with Crippen molar-refractivity contribution in [3.63, 3.8) is 0 Å². The second-order valence-electron chi connectivity index (χ2n) is 4.82. The molecule has 6 nitrogen and oxygen atoms in total. The molecule has 1 fully saturated rings. The summed E-state index contributed by atoms with van der Waals surface area (Å²) in [6, 6.07) is 2.34. The van der Waals surface area contributed by atoms with E-state index >= 15 is 0 Å². The highest BCUT2D eigenvalue weighted by atomic mass is 79.9. The Bertz CT molecular complexity index is 621. The number of rotatable bonds is 4. The summed E-state index contributed by atoms with van der Waals surface area (Å²) >= 11 is 5.03. The smallest absolute Gasteiger partial charge is 0.276 e. The van der Waals surface area contributed by atoms with E-state index in [-0.39, 0.29) is 5.91 Å². The SMILES string of the molecule is CN(Cc1csc(Br)c1)C(=O)c1cn(C2CNC2)nn1. The maximum Gasteiger partial charge on any atom is 0.276 e. The molecule has 0 radical (unpaired) electrons. The molecule has 1 aliphatic heterocycles. The van der Waals surface area contributed by atoms with Gasteiger partial charge in [0.05, 0.1) is 16.0 Å². The molecule has 20 heavy (non-hydrogen) atoms. The molecule has 0 aromatic carbocycles. The van der Waals surface area contributed by atoms with Crippen molar-refractivity contribution in [2.75, 3.05) is 20.1 Å². The standard InChI is InChI=1S/C12H14BrN5OS/c1-17(5-8-2-11(13)20-7-8)12(19)10-6-18(16-15-10)9-3-14-4-9/h2,6-7,9,14H,3-5H2,1H3. The van der Waals surface area contributed by atoms with E-state index in [1.54, 1.807) is 34.2 Å². The van der Waals surface area contributed by atoms with Crippen molar-refractivity contribution in [1.29, 1.82) is 0 Å². The highest BCUT2D eigenvalue weighted by Crippen LogP contribution is 2.21. The zero-order chi connectivity index (χ0) is 14.1. The molecule has 3 rings (SSSR count). The fourth-order valence-corrected chi connectivity index (χ4v) is 3.18. The number of carbonyl (C=O) groups excluding carboxylic acids is 1. The second kappa shape index (κ2) is 5.63. The molecule has 1 N–H and O–H groups in total. The fourth-order valence-electron chi connectivity index (χ4n) is 1.98. The van der Waals surface area contributed by atoms with Crippen LogP contribution < -0.4 is 5.32 Å². The lowest BCUT2D eigenvalue weighted by atomic mass is 10.2. The zero-order valence-electron chi connectivity index (χ0n) is 10.9. The molecule has 0 bridgehead atoms. The molecule has 0 unspecified atom stereocenters. The Hall–Kier alpha value is -1.25. The van der Waals surface area contributed by atoms with Crippen LogP contribution in [0.3, 0.4) is 0 Å². The summed E-state index contributed by atoms with van der Waals surface area (Å²) in [5.74, 6) is -0.106. The molecule has 1 saturated heterocycles. The first kappa shape index (κ1) is 13.7. The van der Waals surface area contributed by atoms with E-state index in [4.69, 9.17) is 0 Å². The Morgan fingerprint density at radius 3 is 3.05 bits per heavy atom. The number of halogens is 1. The van der Waals surface area contributed by atoms with Crippen molar-refractivity contribution in [3.8, 4) is 0 Å². The normalized spacial score (nSPS) is 15.1. The monoisotopic (exact) mass is 355 g/mol. The third-order valence-electron chi connectivity index (χ3n) is 3.25. The van der Waals surface area contributed by atoms with Gasteiger partial charge in [-0.3, -0.25) is 4.79 Å². The van der Waals surface area contributed by atoms with E-state index in [1.807, 2.05) is 11.4 Å². The molecular weight excluding hydrogens is 342 g/mol. The van der Waals surface area contributed by atoms with Crippen molar-refractivity contribution < 1.29 is 4.79 Å². The minimum Gasteiger partial charge on any atom is -0.336 e. The topological polar surface area (TPSA) is 63.1 Å². The first-order valence-corrected chi connectivity index (χ1v) is 7.91. The minimum atomic E-state index is -0.106. The number of carbonyl (C=O) groups is 1. The Labute approximate surface area is 128 Å². The van der Waals surface area contributed by atoms with Crippen LogP contribution in [0, 0.1) is 0 Å². The quantitative estimate of drug-likeness (QED) is 0.902. The van der Waals surface area contributed by atoms with Crippen LogP contribution in [0.25, 0.3) is 0 Å². The third-order valence-corrected chi connectivity index (χ3v) is 4.80. The van der Waals surface area contributed by atoms with Crippen LogP contribution in [0.2, 0.25) is 0 Å². The van der Waals surface area contributed by atoms with Gasteiger partial charge in [-0.2, -0.15) is 0 Å². The van der Waals surface area contributed by atoms with Crippen molar-refractivity contribution in [3.05, 3.63) is 32.7 Å². The average molecular weight is 356 g/mol. The maximum absolute atomic E-state index is 12.3. The Morgan fingerprint density at radius 2 is 2.45 bits per heavy atom. The molecule has 2 aromatic rings. The lowest BCUT2D eigenvalue weighted by Gasteiger charge is -2.26. The first-order valence-electron chi connectivity index (χ1n) is 6.24. The third kappa shape index (κ3) is 2.77. The zero-order valence-corrected chi connectivity index (χ0v) is 13.3. The summed E-state index contributed by atoms with van der Waals surface area (Å²) in [7, 11) is 1.78. The summed E-state index contributed by atoms with van der Waals surface area (Å²) in [6.45, 7) is 2.34. The van der Waals surface area contributed by atoms with Crippen LogP contribution in [0.15, 0.2) is 21.4 Å². The lowest BCUT2D eigenvalue weighted by molar-refractivity contribution is 0.0779. The van der Waals surface area contributed by atoms with E-state index in [9.17, 15) is 4.79 Å². The summed E-state index contributed by atoms with van der Waals surface area (Å²) in [4.78, 5) is 13.9. The number of hydrogen-bond donors (Lipinski definition) is 1. The Balaban J connectivity index is 1.66. The summed E-state index contributed by atoms with van der Waals surface area (Å²) in [5.41, 5.74) is 1.50. The van der Waals surface area contributed by atoms with Gasteiger partial charge in [-0.15, -0.1) is 16.4 Å². The summed E-state index contributed by atoms with van der Waals surface area (Å²) < 4.78 is 2.83. The molecule has 1 aliphatic rings. The van der Waals surface area contributed by atoms with Crippen LogP contribution in [0.1, 0.15) is 22.1 Å². The number of aromatic nitrogens is 3. The van der Waals surface area contributed by atoms with Gasteiger partial charge >= 0.3 is 0 Å². The van der Waals surface area contributed by atoms with E-state index in [0.717, 1.165) is 22.4 Å². The van der Waals surface area contributed by atoms with Crippen molar-refractivity contribution in [2.45, 2.75) is 12.6 Å². The predicted octanol–water partition coefficient (Wildman–Crippen LogP) is 1.52. The Kier molecular flexibility index (Phi) is 3.86. The van der Waals surface area contributed by atoms with Crippen LogP contribution in [-0.2, 0) is 6.54 Å².